The Kier molecular flexibility index (Phi) is 4.94. The molecule has 1 N–H and O–H groups in total. The van der Waals surface area contributed by atoms with Crippen molar-refractivity contribution in [1.29, 1.82) is 0 Å². The molecule has 1 aromatic heterocycles. The van der Waals surface area contributed by atoms with E-state index in [1.165, 1.54) is 16.7 Å². The first-order valence-electron chi connectivity index (χ1n) is 9.27. The van der Waals surface area contributed by atoms with E-state index in [9.17, 15) is 9.59 Å². The predicted molar refractivity (Wildman–Crippen MR) is 109 cm³/mol. The number of carbonyl (C=O) groups is 2. The fourth-order valence-corrected chi connectivity index (χ4v) is 4.37. The molecule has 4 nitrogen and oxygen atoms in total. The first kappa shape index (κ1) is 17.7. The van der Waals surface area contributed by atoms with Crippen molar-refractivity contribution in [2.75, 3.05) is 6.54 Å². The van der Waals surface area contributed by atoms with Crippen LogP contribution >= 0.6 is 11.3 Å². The van der Waals surface area contributed by atoms with Crippen molar-refractivity contribution in [3.63, 3.8) is 0 Å². The van der Waals surface area contributed by atoms with E-state index in [1.807, 2.05) is 36.6 Å². The van der Waals surface area contributed by atoms with Crippen molar-refractivity contribution < 1.29 is 9.59 Å². The summed E-state index contributed by atoms with van der Waals surface area (Å²) in [5, 5.41) is 7.33. The lowest BCUT2D eigenvalue weighted by Crippen LogP contribution is -2.46. The highest BCUT2D eigenvalue weighted by molar-refractivity contribution is 7.12. The van der Waals surface area contributed by atoms with Gasteiger partial charge in [-0.1, -0.05) is 42.5 Å². The van der Waals surface area contributed by atoms with Gasteiger partial charge < -0.3 is 10.2 Å². The van der Waals surface area contributed by atoms with Gasteiger partial charge in [-0.2, -0.15) is 0 Å². The molecule has 5 heteroatoms. The lowest BCUT2D eigenvalue weighted by molar-refractivity contribution is -0.125. The van der Waals surface area contributed by atoms with Crippen LogP contribution in [0.1, 0.15) is 41.0 Å². The highest BCUT2D eigenvalue weighted by atomic mass is 32.1. The molecule has 3 aromatic rings. The zero-order chi connectivity index (χ0) is 18.8. The number of nitrogens with zero attached hydrogens (tertiary/aromatic N) is 1. The van der Waals surface area contributed by atoms with Gasteiger partial charge in [0.2, 0.25) is 5.91 Å². The van der Waals surface area contributed by atoms with Crippen molar-refractivity contribution in [3.05, 3.63) is 70.4 Å². The van der Waals surface area contributed by atoms with Gasteiger partial charge >= 0.3 is 0 Å². The molecule has 0 aliphatic carbocycles. The molecule has 1 aliphatic rings. The van der Waals surface area contributed by atoms with E-state index in [0.29, 0.717) is 17.8 Å². The van der Waals surface area contributed by atoms with Crippen LogP contribution in [-0.2, 0) is 4.79 Å². The van der Waals surface area contributed by atoms with E-state index < -0.39 is 0 Å². The second-order valence-electron chi connectivity index (χ2n) is 6.97. The fourth-order valence-electron chi connectivity index (χ4n) is 3.69. The third kappa shape index (κ3) is 3.60. The van der Waals surface area contributed by atoms with Crippen LogP contribution in [0.3, 0.4) is 0 Å². The Hall–Kier alpha value is -2.66. The fraction of sp³-hybridized carbons (Fsp3) is 0.273. The van der Waals surface area contributed by atoms with E-state index >= 15 is 0 Å². The van der Waals surface area contributed by atoms with Gasteiger partial charge in [-0.25, -0.2) is 0 Å². The third-order valence-corrected chi connectivity index (χ3v) is 6.04. The van der Waals surface area contributed by atoms with E-state index in [0.717, 1.165) is 17.4 Å². The van der Waals surface area contributed by atoms with Gasteiger partial charge in [-0.15, -0.1) is 11.3 Å². The SMILES string of the molecule is C[C@H](NC(=O)[C@H]1CCCN1C(=O)c1cccs1)c1ccc2ccccc2c1. The number of likely N-dealkylation sites (tertiary alicyclic amines) is 1. The van der Waals surface area contributed by atoms with Crippen LogP contribution in [-0.4, -0.2) is 29.3 Å². The maximum absolute atomic E-state index is 12.9. The maximum Gasteiger partial charge on any atom is 0.264 e. The van der Waals surface area contributed by atoms with Crippen LogP contribution in [0.2, 0.25) is 0 Å². The van der Waals surface area contributed by atoms with Crippen LogP contribution < -0.4 is 5.32 Å². The Morgan fingerprint density at radius 3 is 2.70 bits per heavy atom. The highest BCUT2D eigenvalue weighted by Gasteiger charge is 2.35. The topological polar surface area (TPSA) is 49.4 Å². The number of rotatable bonds is 4. The summed E-state index contributed by atoms with van der Waals surface area (Å²) in [6.07, 6.45) is 1.58. The lowest BCUT2D eigenvalue weighted by atomic mass is 10.0. The largest absolute Gasteiger partial charge is 0.348 e. The molecule has 0 unspecified atom stereocenters. The zero-order valence-electron chi connectivity index (χ0n) is 15.2. The summed E-state index contributed by atoms with van der Waals surface area (Å²) in [6.45, 7) is 2.63. The molecule has 0 spiro atoms. The second kappa shape index (κ2) is 7.53. The summed E-state index contributed by atoms with van der Waals surface area (Å²) >= 11 is 1.42. The van der Waals surface area contributed by atoms with Gasteiger partial charge in [0.05, 0.1) is 10.9 Å². The summed E-state index contributed by atoms with van der Waals surface area (Å²) < 4.78 is 0. The Bertz CT molecular complexity index is 967. The number of benzene rings is 2. The Morgan fingerprint density at radius 1 is 1.11 bits per heavy atom. The molecule has 4 rings (SSSR count). The molecule has 138 valence electrons. The summed E-state index contributed by atoms with van der Waals surface area (Å²) in [5.41, 5.74) is 1.07. The number of amides is 2. The number of fused-ring (bicyclic) bond motifs is 1. The van der Waals surface area contributed by atoms with Crippen LogP contribution in [0.5, 0.6) is 0 Å². The molecule has 1 saturated heterocycles. The first-order chi connectivity index (χ1) is 13.1. The monoisotopic (exact) mass is 378 g/mol. The molecule has 27 heavy (non-hydrogen) atoms. The molecule has 2 aromatic carbocycles. The zero-order valence-corrected chi connectivity index (χ0v) is 16.0. The minimum atomic E-state index is -0.387. The van der Waals surface area contributed by atoms with Gasteiger partial charge in [0, 0.05) is 6.54 Å². The Morgan fingerprint density at radius 2 is 1.93 bits per heavy atom. The van der Waals surface area contributed by atoms with Gasteiger partial charge in [-0.3, -0.25) is 9.59 Å². The summed E-state index contributed by atoms with van der Waals surface area (Å²) in [7, 11) is 0. The first-order valence-corrected chi connectivity index (χ1v) is 10.1. The maximum atomic E-state index is 12.9. The normalized spacial score (nSPS) is 17.8. The third-order valence-electron chi connectivity index (χ3n) is 5.18. The van der Waals surface area contributed by atoms with Gasteiger partial charge in [-0.05, 0) is 53.6 Å². The van der Waals surface area contributed by atoms with Gasteiger partial charge in [0.15, 0.2) is 0 Å². The Balaban J connectivity index is 1.47. The van der Waals surface area contributed by atoms with Gasteiger partial charge in [0.1, 0.15) is 6.04 Å². The van der Waals surface area contributed by atoms with Crippen molar-refractivity contribution in [1.82, 2.24) is 10.2 Å². The minimum Gasteiger partial charge on any atom is -0.348 e. The summed E-state index contributed by atoms with van der Waals surface area (Å²) in [5.74, 6) is -0.112. The molecule has 1 fully saturated rings. The van der Waals surface area contributed by atoms with E-state index in [-0.39, 0.29) is 23.9 Å². The standard InChI is InChI=1S/C22H22N2O2S/c1-15(17-11-10-16-6-2-3-7-18(16)14-17)23-21(25)19-8-4-12-24(19)22(26)20-9-5-13-27-20/h2-3,5-7,9-11,13-15,19H,4,8,12H2,1H3,(H,23,25)/t15-,19+/m0/s1. The van der Waals surface area contributed by atoms with Crippen molar-refractivity contribution >= 4 is 33.9 Å². The minimum absolute atomic E-state index is 0.0407. The molecular formula is C22H22N2O2S. The van der Waals surface area contributed by atoms with Crippen molar-refractivity contribution in [3.8, 4) is 0 Å². The van der Waals surface area contributed by atoms with Gasteiger partial charge in [0.25, 0.3) is 5.91 Å². The second-order valence-corrected chi connectivity index (χ2v) is 7.92. The van der Waals surface area contributed by atoms with Crippen LogP contribution in [0.15, 0.2) is 60.0 Å². The molecule has 2 amide bonds. The molecule has 1 aliphatic heterocycles. The average molecular weight is 378 g/mol. The smallest absolute Gasteiger partial charge is 0.264 e. The number of hydrogen-bond donors (Lipinski definition) is 1. The highest BCUT2D eigenvalue weighted by Crippen LogP contribution is 2.24. The lowest BCUT2D eigenvalue weighted by Gasteiger charge is -2.25. The van der Waals surface area contributed by atoms with Crippen molar-refractivity contribution in [2.45, 2.75) is 31.8 Å². The van der Waals surface area contributed by atoms with Crippen molar-refractivity contribution in [2.24, 2.45) is 0 Å². The molecule has 2 atom stereocenters. The number of thiophene rings is 1. The number of carbonyl (C=O) groups excluding carboxylic acids is 2. The quantitative estimate of drug-likeness (QED) is 0.732. The summed E-state index contributed by atoms with van der Waals surface area (Å²) in [6, 6.07) is 17.6. The summed E-state index contributed by atoms with van der Waals surface area (Å²) in [4.78, 5) is 28.0. The Labute approximate surface area is 162 Å². The molecule has 0 radical (unpaired) electrons. The van der Waals surface area contributed by atoms with E-state index in [1.54, 1.807) is 4.90 Å². The van der Waals surface area contributed by atoms with Crippen LogP contribution in [0.4, 0.5) is 0 Å². The van der Waals surface area contributed by atoms with Crippen LogP contribution in [0.25, 0.3) is 10.8 Å². The predicted octanol–water partition coefficient (Wildman–Crippen LogP) is 4.38. The average Bonchev–Trinajstić information content (AvgIpc) is 3.39. The molecule has 0 saturated carbocycles. The number of hydrogen-bond acceptors (Lipinski definition) is 3. The number of nitrogens with one attached hydrogen (secondary N) is 1. The molecular weight excluding hydrogens is 356 g/mol. The van der Waals surface area contributed by atoms with E-state index in [4.69, 9.17) is 0 Å². The van der Waals surface area contributed by atoms with E-state index in [2.05, 4.69) is 35.6 Å². The van der Waals surface area contributed by atoms with Crippen LogP contribution in [0, 0.1) is 0 Å². The molecule has 0 bridgehead atoms. The molecule has 2 heterocycles.